The van der Waals surface area contributed by atoms with Gasteiger partial charge in [0.2, 0.25) is 0 Å². The summed E-state index contributed by atoms with van der Waals surface area (Å²) in [6.45, 7) is 18.8. The van der Waals surface area contributed by atoms with Crippen molar-refractivity contribution < 1.29 is 38.2 Å². The molecule has 17 nitrogen and oxygen atoms in total. The first-order valence-electron chi connectivity index (χ1n) is 23.3. The Morgan fingerprint density at radius 3 is 1.77 bits per heavy atom. The van der Waals surface area contributed by atoms with Crippen LogP contribution in [0.1, 0.15) is 68.1 Å². The van der Waals surface area contributed by atoms with E-state index in [1.54, 1.807) is 0 Å². The van der Waals surface area contributed by atoms with Gasteiger partial charge in [0, 0.05) is 65.2 Å². The lowest BCUT2D eigenvalue weighted by Crippen LogP contribution is -3.14. The monoisotopic (exact) mass is 962 g/mol. The van der Waals surface area contributed by atoms with Gasteiger partial charge in [-0.15, -0.1) is 11.6 Å². The van der Waals surface area contributed by atoms with Crippen molar-refractivity contribution in [1.29, 1.82) is 0 Å². The molecule has 8 N–H and O–H groups in total. The Kier molecular flexibility index (Phi) is 28.0. The number of benzene rings is 2. The number of amides is 3. The van der Waals surface area contributed by atoms with Crippen molar-refractivity contribution in [3.8, 4) is 11.5 Å². The fourth-order valence-corrected chi connectivity index (χ4v) is 7.58. The van der Waals surface area contributed by atoms with Gasteiger partial charge < -0.3 is 51.3 Å². The molecule has 3 aromatic rings. The summed E-state index contributed by atoms with van der Waals surface area (Å²) in [6, 6.07) is 15.9. The summed E-state index contributed by atoms with van der Waals surface area (Å²) in [5, 5.41) is 8.78. The molecule has 66 heavy (non-hydrogen) atoms. The van der Waals surface area contributed by atoms with E-state index < -0.39 is 0 Å². The number of nitrogens with two attached hydrogens (primary N) is 2. The first-order chi connectivity index (χ1) is 32.1. The molecule has 3 amide bonds. The van der Waals surface area contributed by atoms with Crippen LogP contribution >= 0.6 is 23.2 Å². The molecule has 368 valence electrons. The molecule has 1 aromatic heterocycles. The fraction of sp³-hybridized carbons (Fsp3) is 0.596. The normalized spacial score (nSPS) is 17.2. The quantitative estimate of drug-likeness (QED) is 0.0902. The van der Waals surface area contributed by atoms with Crippen molar-refractivity contribution in [3.05, 3.63) is 70.5 Å². The minimum atomic E-state index is -0.383. The zero-order valence-electron chi connectivity index (χ0n) is 39.5. The van der Waals surface area contributed by atoms with Crippen molar-refractivity contribution in [1.82, 2.24) is 35.7 Å². The highest BCUT2D eigenvalue weighted by atomic mass is 35.5. The molecule has 0 radical (unpaired) electrons. The predicted octanol–water partition coefficient (Wildman–Crippen LogP) is 2.88. The lowest BCUT2D eigenvalue weighted by atomic mass is 10.0. The number of alkyl halides is 1. The Morgan fingerprint density at radius 2 is 1.27 bits per heavy atom. The molecule has 3 aliphatic rings. The van der Waals surface area contributed by atoms with E-state index in [1.807, 2.05) is 50.2 Å². The Balaban J connectivity index is 0.000000375. The third-order valence-corrected chi connectivity index (χ3v) is 11.2. The Bertz CT molecular complexity index is 1820. The minimum Gasteiger partial charge on any atom is -0.484 e. The van der Waals surface area contributed by atoms with E-state index in [9.17, 15) is 14.4 Å². The largest absolute Gasteiger partial charge is 0.484 e. The van der Waals surface area contributed by atoms with Crippen LogP contribution in [-0.4, -0.2) is 162 Å². The molecular formula is C47H75Cl2N10O7+. The molecule has 2 unspecified atom stereocenters. The van der Waals surface area contributed by atoms with E-state index in [1.165, 1.54) is 22.4 Å². The van der Waals surface area contributed by atoms with Crippen molar-refractivity contribution in [2.45, 2.75) is 65.3 Å². The fourth-order valence-electron chi connectivity index (χ4n) is 7.46. The van der Waals surface area contributed by atoms with Crippen LogP contribution in [0.4, 0.5) is 11.6 Å². The van der Waals surface area contributed by atoms with Crippen molar-refractivity contribution in [3.63, 3.8) is 0 Å². The molecule has 0 spiro atoms. The Hall–Kier alpha value is -4.49. The van der Waals surface area contributed by atoms with Crippen LogP contribution in [0.5, 0.6) is 11.5 Å². The minimum absolute atomic E-state index is 0.00292. The predicted molar refractivity (Wildman–Crippen MR) is 262 cm³/mol. The molecule has 2 aromatic carbocycles. The van der Waals surface area contributed by atoms with Crippen LogP contribution in [0.25, 0.3) is 0 Å². The third-order valence-electron chi connectivity index (χ3n) is 10.9. The number of nitrogens with zero attached hydrogens (tertiary/aromatic N) is 4. The molecule has 0 bridgehead atoms. The molecule has 0 saturated carbocycles. The van der Waals surface area contributed by atoms with Crippen molar-refractivity contribution >= 4 is 52.6 Å². The van der Waals surface area contributed by atoms with Gasteiger partial charge in [-0.25, -0.2) is 9.97 Å². The number of piperidine rings is 1. The lowest BCUT2D eigenvalue weighted by molar-refractivity contribution is -0.906. The number of carbonyl (C=O) groups excluding carboxylic acids is 3. The molecule has 4 heterocycles. The number of likely N-dealkylation sites (tertiary alicyclic amines) is 1. The average molecular weight is 963 g/mol. The summed E-state index contributed by atoms with van der Waals surface area (Å²) in [4.78, 5) is 50.4. The zero-order chi connectivity index (χ0) is 47.9. The summed E-state index contributed by atoms with van der Waals surface area (Å²) < 4.78 is 21.8. The van der Waals surface area contributed by atoms with Gasteiger partial charge in [0.25, 0.3) is 17.7 Å². The van der Waals surface area contributed by atoms with Crippen LogP contribution in [0.3, 0.4) is 0 Å². The van der Waals surface area contributed by atoms with Crippen molar-refractivity contribution in [2.24, 2.45) is 0 Å². The van der Waals surface area contributed by atoms with E-state index in [-0.39, 0.29) is 59.5 Å². The molecule has 3 fully saturated rings. The smallest absolute Gasteiger partial charge is 0.274 e. The van der Waals surface area contributed by atoms with Gasteiger partial charge in [0.05, 0.1) is 52.1 Å². The number of quaternary nitrogens is 1. The number of morpholine rings is 2. The standard InChI is InChI=1S/C27H39ClN8O4.C17H26N2O3.C2H6.CH3Cl/c28-24-26(30)34-25(29)23(33-24)27(38)32-20-4-2-11-36(17-20)10-1-3-19-5-7-21(8-6-19)40-18-22(37)31-9-12-35-13-15-39-16-14-35;1-2-3-15-4-6-16(7-5-15)22-14-17(20)18-8-9-19-10-12-21-13-11-19;2*1-2/h5-8,20H,1-4,9-18H2,(H,31,37)(H,32,38)(H4,29,30,34);4-7H,2-3,8-14H2,1H3,(H,18,20);1-2H3;1H3/p+1. The molecule has 6 rings (SSSR count). The lowest BCUT2D eigenvalue weighted by Gasteiger charge is -2.30. The second kappa shape index (κ2) is 33.1. The van der Waals surface area contributed by atoms with E-state index >= 15 is 0 Å². The van der Waals surface area contributed by atoms with Crippen molar-refractivity contribution in [2.75, 3.05) is 129 Å². The first kappa shape index (κ1) is 55.8. The van der Waals surface area contributed by atoms with E-state index in [0.29, 0.717) is 18.8 Å². The highest BCUT2D eigenvalue weighted by Crippen LogP contribution is 2.18. The van der Waals surface area contributed by atoms with E-state index in [2.05, 4.69) is 66.4 Å². The summed E-state index contributed by atoms with van der Waals surface area (Å²) in [5.74, 6) is 0.813. The number of nitrogens with one attached hydrogen (secondary N) is 4. The summed E-state index contributed by atoms with van der Waals surface area (Å²) >= 11 is 10.6. The summed E-state index contributed by atoms with van der Waals surface area (Å²) in [7, 11) is 0. The maximum Gasteiger partial charge on any atom is 0.274 e. The highest BCUT2D eigenvalue weighted by Gasteiger charge is 2.26. The first-order valence-corrected chi connectivity index (χ1v) is 24.5. The average Bonchev–Trinajstić information content (AvgIpc) is 3.34. The second-order valence-electron chi connectivity index (χ2n) is 15.7. The molecule has 19 heteroatoms. The van der Waals surface area contributed by atoms with Gasteiger partial charge in [0.15, 0.2) is 35.7 Å². The third kappa shape index (κ3) is 21.9. The number of aromatic nitrogens is 2. The van der Waals surface area contributed by atoms with Gasteiger partial charge in [0.1, 0.15) is 11.5 Å². The number of hydrogen-bond acceptors (Lipinski definition) is 13. The molecular weight excluding hydrogens is 887 g/mol. The molecule has 0 aliphatic carbocycles. The maximum atomic E-state index is 12.7. The van der Waals surface area contributed by atoms with Gasteiger partial charge in [-0.1, -0.05) is 63.1 Å². The van der Waals surface area contributed by atoms with Crippen LogP contribution in [0.15, 0.2) is 48.5 Å². The summed E-state index contributed by atoms with van der Waals surface area (Å²) in [5.41, 5.74) is 13.9. The Morgan fingerprint density at radius 1 is 0.773 bits per heavy atom. The van der Waals surface area contributed by atoms with Crippen LogP contribution in [0, 0.1) is 0 Å². The van der Waals surface area contributed by atoms with E-state index in [4.69, 9.17) is 42.0 Å². The van der Waals surface area contributed by atoms with Crippen LogP contribution in [-0.2, 0) is 31.9 Å². The number of ether oxygens (including phenoxy) is 4. The van der Waals surface area contributed by atoms with Gasteiger partial charge >= 0.3 is 0 Å². The topological polar surface area (TPSA) is 213 Å². The maximum absolute atomic E-state index is 12.7. The van der Waals surface area contributed by atoms with Gasteiger partial charge in [-0.05, 0) is 61.1 Å². The number of nitrogen functional groups attached to an aromatic ring is 2. The number of anilines is 2. The molecule has 2 atom stereocenters. The van der Waals surface area contributed by atoms with Gasteiger partial charge in [-0.3, -0.25) is 24.2 Å². The summed E-state index contributed by atoms with van der Waals surface area (Å²) in [6.07, 6.45) is 7.57. The molecule has 3 saturated heterocycles. The SMILES string of the molecule is CC.CCCc1ccc(OCC(=O)NCCN2CCOCC2)cc1.CCl.Nc1nc(N)c(C(=O)NC2CCC[NH+](CCCc3ccc(OCC(=O)NCCN4CCOCC4)cc3)C2)nc1Cl. The number of rotatable bonds is 20. The highest BCUT2D eigenvalue weighted by molar-refractivity contribution is 6.31. The second-order valence-corrected chi connectivity index (χ2v) is 16.1. The van der Waals surface area contributed by atoms with E-state index in [0.717, 1.165) is 130 Å². The number of aryl methyl sites for hydroxylation is 2. The number of hydrogen-bond donors (Lipinski definition) is 6. The van der Waals surface area contributed by atoms with Crippen LogP contribution in [0.2, 0.25) is 5.15 Å². The van der Waals surface area contributed by atoms with Crippen LogP contribution < -0.4 is 41.8 Å². The Labute approximate surface area is 401 Å². The number of carbonyl (C=O) groups is 3. The zero-order valence-corrected chi connectivity index (χ0v) is 41.0. The van der Waals surface area contributed by atoms with Gasteiger partial charge in [-0.2, -0.15) is 0 Å². The number of halogens is 2. The molecule has 3 aliphatic heterocycles.